The third kappa shape index (κ3) is 3.35. The fourth-order valence-corrected chi connectivity index (χ4v) is 2.90. The molecular formula is C16H22N2O3. The van der Waals surface area contributed by atoms with Crippen molar-refractivity contribution in [3.8, 4) is 0 Å². The second-order valence-corrected chi connectivity index (χ2v) is 5.89. The quantitative estimate of drug-likeness (QED) is 0.877. The van der Waals surface area contributed by atoms with Crippen LogP contribution in [0.4, 0.5) is 10.5 Å². The number of amides is 2. The Morgan fingerprint density at radius 2 is 2.05 bits per heavy atom. The average molecular weight is 290 g/mol. The van der Waals surface area contributed by atoms with Crippen molar-refractivity contribution < 1.29 is 14.7 Å². The molecule has 5 nitrogen and oxygen atoms in total. The van der Waals surface area contributed by atoms with Crippen molar-refractivity contribution in [2.45, 2.75) is 39.7 Å². The third-order valence-corrected chi connectivity index (χ3v) is 4.21. The topological polar surface area (TPSA) is 69.6 Å². The first-order valence-corrected chi connectivity index (χ1v) is 7.30. The van der Waals surface area contributed by atoms with Crippen molar-refractivity contribution in [1.29, 1.82) is 0 Å². The normalized spacial score (nSPS) is 22.0. The summed E-state index contributed by atoms with van der Waals surface area (Å²) in [4.78, 5) is 25.3. The van der Waals surface area contributed by atoms with E-state index < -0.39 is 5.97 Å². The zero-order valence-corrected chi connectivity index (χ0v) is 12.7. The number of carbonyl (C=O) groups is 2. The lowest BCUT2D eigenvalue weighted by Crippen LogP contribution is -2.46. The number of rotatable bonds is 2. The Balaban J connectivity index is 2.13. The van der Waals surface area contributed by atoms with E-state index in [1.165, 1.54) is 0 Å². The van der Waals surface area contributed by atoms with E-state index in [1.54, 1.807) is 25.1 Å². The monoisotopic (exact) mass is 290 g/mol. The molecule has 1 aliphatic heterocycles. The lowest BCUT2D eigenvalue weighted by atomic mass is 9.94. The molecule has 0 radical (unpaired) electrons. The van der Waals surface area contributed by atoms with Gasteiger partial charge in [0.1, 0.15) is 0 Å². The van der Waals surface area contributed by atoms with Gasteiger partial charge in [0.15, 0.2) is 0 Å². The number of carbonyl (C=O) groups excluding carboxylic acids is 1. The molecule has 114 valence electrons. The molecule has 2 N–H and O–H groups in total. The van der Waals surface area contributed by atoms with E-state index in [4.69, 9.17) is 5.11 Å². The second-order valence-electron chi connectivity index (χ2n) is 5.89. The predicted molar refractivity (Wildman–Crippen MR) is 81.7 cm³/mol. The first kappa shape index (κ1) is 15.4. The fourth-order valence-electron chi connectivity index (χ4n) is 2.90. The Morgan fingerprint density at radius 3 is 2.67 bits per heavy atom. The van der Waals surface area contributed by atoms with E-state index in [-0.39, 0.29) is 17.6 Å². The van der Waals surface area contributed by atoms with Crippen LogP contribution in [0.15, 0.2) is 18.2 Å². The molecule has 2 amide bonds. The Morgan fingerprint density at radius 1 is 1.33 bits per heavy atom. The minimum atomic E-state index is -0.983. The minimum Gasteiger partial charge on any atom is -0.478 e. The molecule has 0 bridgehead atoms. The molecule has 0 aliphatic carbocycles. The number of carboxylic acid groups (broad SMARTS) is 1. The van der Waals surface area contributed by atoms with Crippen molar-refractivity contribution in [3.63, 3.8) is 0 Å². The van der Waals surface area contributed by atoms with Gasteiger partial charge in [-0.3, -0.25) is 0 Å². The molecule has 21 heavy (non-hydrogen) atoms. The lowest BCUT2D eigenvalue weighted by Gasteiger charge is -2.36. The van der Waals surface area contributed by atoms with Gasteiger partial charge in [-0.25, -0.2) is 9.59 Å². The summed E-state index contributed by atoms with van der Waals surface area (Å²) in [6, 6.07) is 4.97. The highest BCUT2D eigenvalue weighted by Gasteiger charge is 2.27. The van der Waals surface area contributed by atoms with Gasteiger partial charge >= 0.3 is 12.0 Å². The van der Waals surface area contributed by atoms with Gasteiger partial charge in [-0.05, 0) is 50.3 Å². The van der Waals surface area contributed by atoms with Crippen molar-refractivity contribution >= 4 is 17.7 Å². The van der Waals surface area contributed by atoms with Crippen LogP contribution >= 0.6 is 0 Å². The van der Waals surface area contributed by atoms with E-state index in [9.17, 15) is 9.59 Å². The Labute approximate surface area is 125 Å². The first-order valence-electron chi connectivity index (χ1n) is 7.30. The van der Waals surface area contributed by atoms with Crippen molar-refractivity contribution in [2.24, 2.45) is 5.92 Å². The highest BCUT2D eigenvalue weighted by Crippen LogP contribution is 2.24. The molecule has 1 fully saturated rings. The van der Waals surface area contributed by atoms with E-state index in [0.717, 1.165) is 19.4 Å². The van der Waals surface area contributed by atoms with Crippen LogP contribution < -0.4 is 5.32 Å². The summed E-state index contributed by atoms with van der Waals surface area (Å²) in [5.74, 6) is -0.343. The van der Waals surface area contributed by atoms with Crippen LogP contribution in [-0.4, -0.2) is 34.6 Å². The molecule has 1 aliphatic rings. The van der Waals surface area contributed by atoms with Crippen LogP contribution in [0.2, 0.25) is 0 Å². The molecule has 0 aromatic heterocycles. The molecule has 1 heterocycles. The number of nitrogens with zero attached hydrogens (tertiary/aromatic N) is 1. The largest absolute Gasteiger partial charge is 0.478 e. The molecule has 2 unspecified atom stereocenters. The number of carboxylic acids is 1. The molecule has 2 atom stereocenters. The summed E-state index contributed by atoms with van der Waals surface area (Å²) < 4.78 is 0. The van der Waals surface area contributed by atoms with Gasteiger partial charge in [-0.15, -0.1) is 0 Å². The van der Waals surface area contributed by atoms with Gasteiger partial charge < -0.3 is 15.3 Å². The van der Waals surface area contributed by atoms with Gasteiger partial charge in [-0.1, -0.05) is 13.0 Å². The Bertz CT molecular complexity index is 556. The van der Waals surface area contributed by atoms with E-state index in [0.29, 0.717) is 17.2 Å². The summed E-state index contributed by atoms with van der Waals surface area (Å²) >= 11 is 0. The highest BCUT2D eigenvalue weighted by atomic mass is 16.4. The van der Waals surface area contributed by atoms with Gasteiger partial charge in [0.05, 0.1) is 5.56 Å². The van der Waals surface area contributed by atoms with Gasteiger partial charge in [-0.2, -0.15) is 0 Å². The molecule has 1 aromatic rings. The number of urea groups is 1. The SMILES string of the molecule is Cc1c(NC(=O)N2CCC(C)CC2C)cccc1C(=O)O. The van der Waals surface area contributed by atoms with Gasteiger partial charge in [0, 0.05) is 18.3 Å². The molecule has 1 aromatic carbocycles. The number of hydrogen-bond donors (Lipinski definition) is 2. The molecule has 5 heteroatoms. The van der Waals surface area contributed by atoms with Crippen LogP contribution in [0.3, 0.4) is 0 Å². The van der Waals surface area contributed by atoms with E-state index in [2.05, 4.69) is 19.2 Å². The van der Waals surface area contributed by atoms with Crippen LogP contribution in [0.5, 0.6) is 0 Å². The minimum absolute atomic E-state index is 0.153. The number of aromatic carboxylic acids is 1. The zero-order chi connectivity index (χ0) is 15.6. The lowest BCUT2D eigenvalue weighted by molar-refractivity contribution is 0.0696. The second kappa shape index (κ2) is 6.16. The third-order valence-electron chi connectivity index (χ3n) is 4.21. The Hall–Kier alpha value is -2.04. The standard InChI is InChI=1S/C16H22N2O3/c1-10-7-8-18(11(2)9-10)16(21)17-14-6-4-5-13(12(14)3)15(19)20/h4-6,10-11H,7-9H2,1-3H3,(H,17,21)(H,19,20). The van der Waals surface area contributed by atoms with Crippen LogP contribution in [0.25, 0.3) is 0 Å². The number of hydrogen-bond acceptors (Lipinski definition) is 2. The number of anilines is 1. The van der Waals surface area contributed by atoms with Crippen molar-refractivity contribution in [1.82, 2.24) is 4.90 Å². The van der Waals surface area contributed by atoms with Crippen molar-refractivity contribution in [3.05, 3.63) is 29.3 Å². The smallest absolute Gasteiger partial charge is 0.336 e. The van der Waals surface area contributed by atoms with Gasteiger partial charge in [0.2, 0.25) is 0 Å². The van der Waals surface area contributed by atoms with Crippen LogP contribution in [-0.2, 0) is 0 Å². The van der Waals surface area contributed by atoms with Crippen molar-refractivity contribution in [2.75, 3.05) is 11.9 Å². The molecule has 0 spiro atoms. The predicted octanol–water partition coefficient (Wildman–Crippen LogP) is 3.35. The summed E-state index contributed by atoms with van der Waals surface area (Å²) in [6.07, 6.45) is 2.01. The summed E-state index contributed by atoms with van der Waals surface area (Å²) in [5, 5.41) is 12.0. The van der Waals surface area contributed by atoms with Crippen LogP contribution in [0, 0.1) is 12.8 Å². The molecule has 1 saturated heterocycles. The molecule has 0 saturated carbocycles. The maximum Gasteiger partial charge on any atom is 0.336 e. The number of benzene rings is 1. The molecular weight excluding hydrogens is 268 g/mol. The summed E-state index contributed by atoms with van der Waals surface area (Å²) in [5.41, 5.74) is 1.36. The highest BCUT2D eigenvalue weighted by molar-refractivity contribution is 5.95. The number of nitrogens with one attached hydrogen (secondary N) is 1. The number of likely N-dealkylation sites (tertiary alicyclic amines) is 1. The van der Waals surface area contributed by atoms with Crippen LogP contribution in [0.1, 0.15) is 42.6 Å². The average Bonchev–Trinajstić information content (AvgIpc) is 2.40. The summed E-state index contributed by atoms with van der Waals surface area (Å²) in [6.45, 7) is 6.70. The fraction of sp³-hybridized carbons (Fsp3) is 0.500. The zero-order valence-electron chi connectivity index (χ0n) is 12.7. The van der Waals surface area contributed by atoms with Gasteiger partial charge in [0.25, 0.3) is 0 Å². The van der Waals surface area contributed by atoms with E-state index >= 15 is 0 Å². The maximum absolute atomic E-state index is 12.4. The first-order chi connectivity index (χ1) is 9.90. The number of piperidine rings is 1. The molecule has 2 rings (SSSR count). The Kier molecular flexibility index (Phi) is 4.50. The van der Waals surface area contributed by atoms with E-state index in [1.807, 2.05) is 4.90 Å². The maximum atomic E-state index is 12.4. The summed E-state index contributed by atoms with van der Waals surface area (Å²) in [7, 11) is 0.